The SMILES string of the molecule is c1ccc(-c2cccc(-c3nc(-c4ccccc4)nc(-c4ccc(-c5ccc(-c6ccc(-c7cccnc7)cc6)cc5)c5ccccc45)n3)c2)cc1. The molecule has 52 heavy (non-hydrogen) atoms. The van der Waals surface area contributed by atoms with Gasteiger partial charge in [0.15, 0.2) is 17.5 Å². The normalized spacial score (nSPS) is 11.1. The molecule has 2 heterocycles. The Labute approximate surface area is 302 Å². The molecule has 9 rings (SSSR count). The molecule has 0 fully saturated rings. The molecule has 244 valence electrons. The Morgan fingerprint density at radius 2 is 0.731 bits per heavy atom. The van der Waals surface area contributed by atoms with Crippen LogP contribution in [0.15, 0.2) is 194 Å². The molecule has 0 unspecified atom stereocenters. The van der Waals surface area contributed by atoms with E-state index in [0.29, 0.717) is 17.5 Å². The van der Waals surface area contributed by atoms with E-state index < -0.39 is 0 Å². The third-order valence-electron chi connectivity index (χ3n) is 9.47. The topological polar surface area (TPSA) is 51.6 Å². The van der Waals surface area contributed by atoms with Gasteiger partial charge in [0.05, 0.1) is 0 Å². The summed E-state index contributed by atoms with van der Waals surface area (Å²) < 4.78 is 0. The Morgan fingerprint density at radius 1 is 0.269 bits per heavy atom. The molecule has 0 aliphatic carbocycles. The summed E-state index contributed by atoms with van der Waals surface area (Å²) in [5.41, 5.74) is 12.0. The molecule has 0 aliphatic heterocycles. The summed E-state index contributed by atoms with van der Waals surface area (Å²) in [5.74, 6) is 1.92. The first kappa shape index (κ1) is 31.0. The van der Waals surface area contributed by atoms with Gasteiger partial charge in [0.25, 0.3) is 0 Å². The van der Waals surface area contributed by atoms with E-state index >= 15 is 0 Å². The van der Waals surface area contributed by atoms with Crippen molar-refractivity contribution in [2.75, 3.05) is 0 Å². The molecular weight excluding hydrogens is 633 g/mol. The third kappa shape index (κ3) is 6.14. The minimum atomic E-state index is 0.638. The van der Waals surface area contributed by atoms with Crippen molar-refractivity contribution >= 4 is 10.8 Å². The highest BCUT2D eigenvalue weighted by Crippen LogP contribution is 2.37. The van der Waals surface area contributed by atoms with Crippen LogP contribution < -0.4 is 0 Å². The molecule has 9 aromatic rings. The van der Waals surface area contributed by atoms with E-state index in [1.165, 1.54) is 11.1 Å². The second-order valence-corrected chi connectivity index (χ2v) is 12.7. The highest BCUT2D eigenvalue weighted by atomic mass is 15.0. The maximum Gasteiger partial charge on any atom is 0.164 e. The predicted octanol–water partition coefficient (Wildman–Crippen LogP) is 12.1. The summed E-state index contributed by atoms with van der Waals surface area (Å²) in [6, 6.07) is 63.3. The fourth-order valence-corrected chi connectivity index (χ4v) is 6.79. The molecule has 7 aromatic carbocycles. The molecule has 4 nitrogen and oxygen atoms in total. The summed E-state index contributed by atoms with van der Waals surface area (Å²) in [7, 11) is 0. The van der Waals surface area contributed by atoms with Crippen LogP contribution in [0.3, 0.4) is 0 Å². The van der Waals surface area contributed by atoms with E-state index in [1.54, 1.807) is 6.20 Å². The van der Waals surface area contributed by atoms with Crippen molar-refractivity contribution in [3.63, 3.8) is 0 Å². The van der Waals surface area contributed by atoms with Crippen LogP contribution in [0.5, 0.6) is 0 Å². The molecule has 0 bridgehead atoms. The Hall–Kier alpha value is -7.04. The quantitative estimate of drug-likeness (QED) is 0.170. The van der Waals surface area contributed by atoms with Crippen LogP contribution in [0.1, 0.15) is 0 Å². The number of pyridine rings is 1. The van der Waals surface area contributed by atoms with E-state index in [4.69, 9.17) is 15.0 Å². The van der Waals surface area contributed by atoms with Gasteiger partial charge < -0.3 is 0 Å². The monoisotopic (exact) mass is 664 g/mol. The van der Waals surface area contributed by atoms with Gasteiger partial charge in [0, 0.05) is 29.1 Å². The zero-order valence-electron chi connectivity index (χ0n) is 28.3. The molecule has 0 radical (unpaired) electrons. The fourth-order valence-electron chi connectivity index (χ4n) is 6.79. The molecule has 0 saturated heterocycles. The third-order valence-corrected chi connectivity index (χ3v) is 9.47. The zero-order chi connectivity index (χ0) is 34.7. The van der Waals surface area contributed by atoms with E-state index in [-0.39, 0.29) is 0 Å². The summed E-state index contributed by atoms with van der Waals surface area (Å²) in [5, 5.41) is 2.23. The number of nitrogens with zero attached hydrogens (tertiary/aromatic N) is 4. The lowest BCUT2D eigenvalue weighted by atomic mass is 9.93. The largest absolute Gasteiger partial charge is 0.264 e. The number of benzene rings is 7. The van der Waals surface area contributed by atoms with E-state index in [0.717, 1.165) is 60.8 Å². The number of fused-ring (bicyclic) bond motifs is 1. The van der Waals surface area contributed by atoms with Crippen LogP contribution in [0.25, 0.3) is 89.4 Å². The highest BCUT2D eigenvalue weighted by Gasteiger charge is 2.16. The van der Waals surface area contributed by atoms with Crippen LogP contribution in [0.2, 0.25) is 0 Å². The molecule has 0 N–H and O–H groups in total. The van der Waals surface area contributed by atoms with Crippen molar-refractivity contribution in [2.45, 2.75) is 0 Å². The lowest BCUT2D eigenvalue weighted by Gasteiger charge is -2.14. The van der Waals surface area contributed by atoms with E-state index in [2.05, 4.69) is 145 Å². The van der Waals surface area contributed by atoms with Crippen LogP contribution in [-0.2, 0) is 0 Å². The van der Waals surface area contributed by atoms with Gasteiger partial charge >= 0.3 is 0 Å². The van der Waals surface area contributed by atoms with Crippen molar-refractivity contribution in [2.24, 2.45) is 0 Å². The van der Waals surface area contributed by atoms with Gasteiger partial charge in [-0.2, -0.15) is 0 Å². The fraction of sp³-hybridized carbons (Fsp3) is 0. The molecule has 2 aromatic heterocycles. The molecule has 4 heteroatoms. The number of hydrogen-bond acceptors (Lipinski definition) is 4. The van der Waals surface area contributed by atoms with Crippen molar-refractivity contribution in [3.8, 4) is 78.7 Å². The second kappa shape index (κ2) is 13.7. The van der Waals surface area contributed by atoms with Crippen molar-refractivity contribution in [1.82, 2.24) is 19.9 Å². The van der Waals surface area contributed by atoms with Crippen molar-refractivity contribution in [3.05, 3.63) is 194 Å². The zero-order valence-corrected chi connectivity index (χ0v) is 28.3. The standard InChI is InChI=1S/C48H32N4/c1-3-11-33(12-4-1)39-15-9-16-40(31-39)47-50-46(38-13-5-2-6-14-38)51-48(52-47)45-29-28-42(43-18-7-8-19-44(43)45)37-26-24-35(25-27-37)34-20-22-36(23-21-34)41-17-10-30-49-32-41/h1-32H. The predicted molar refractivity (Wildman–Crippen MR) is 213 cm³/mol. The minimum absolute atomic E-state index is 0.638. The Balaban J connectivity index is 1.10. The van der Waals surface area contributed by atoms with E-state index in [9.17, 15) is 0 Å². The van der Waals surface area contributed by atoms with Gasteiger partial charge in [0.1, 0.15) is 0 Å². The second-order valence-electron chi connectivity index (χ2n) is 12.7. The Morgan fingerprint density at radius 3 is 1.38 bits per heavy atom. The van der Waals surface area contributed by atoms with Crippen LogP contribution in [-0.4, -0.2) is 19.9 Å². The molecule has 0 aliphatic rings. The van der Waals surface area contributed by atoms with Gasteiger partial charge in [0.2, 0.25) is 0 Å². The first-order chi connectivity index (χ1) is 25.8. The summed E-state index contributed by atoms with van der Waals surface area (Å²) >= 11 is 0. The molecular formula is C48H32N4. The number of rotatable bonds is 7. The van der Waals surface area contributed by atoms with Gasteiger partial charge in [-0.25, -0.2) is 15.0 Å². The molecule has 0 saturated carbocycles. The molecule has 0 spiro atoms. The van der Waals surface area contributed by atoms with Gasteiger partial charge in [-0.1, -0.05) is 164 Å². The summed E-state index contributed by atoms with van der Waals surface area (Å²) in [6.45, 7) is 0. The first-order valence-electron chi connectivity index (χ1n) is 17.4. The highest BCUT2D eigenvalue weighted by molar-refractivity contribution is 6.04. The first-order valence-corrected chi connectivity index (χ1v) is 17.4. The lowest BCUT2D eigenvalue weighted by molar-refractivity contribution is 1.08. The maximum atomic E-state index is 5.13. The van der Waals surface area contributed by atoms with Crippen molar-refractivity contribution in [1.29, 1.82) is 0 Å². The van der Waals surface area contributed by atoms with Crippen molar-refractivity contribution < 1.29 is 0 Å². The smallest absolute Gasteiger partial charge is 0.164 e. The molecule has 0 atom stereocenters. The lowest BCUT2D eigenvalue weighted by Crippen LogP contribution is -2.01. The summed E-state index contributed by atoms with van der Waals surface area (Å²) in [4.78, 5) is 19.5. The maximum absolute atomic E-state index is 5.13. The van der Waals surface area contributed by atoms with Gasteiger partial charge in [-0.05, 0) is 73.5 Å². The number of hydrogen-bond donors (Lipinski definition) is 0. The Bertz CT molecular complexity index is 2640. The van der Waals surface area contributed by atoms with Gasteiger partial charge in [-0.3, -0.25) is 4.98 Å². The average Bonchev–Trinajstić information content (AvgIpc) is 3.24. The number of aromatic nitrogens is 4. The Kier molecular flexibility index (Phi) is 8.16. The minimum Gasteiger partial charge on any atom is -0.264 e. The van der Waals surface area contributed by atoms with E-state index in [1.807, 2.05) is 48.7 Å². The average molecular weight is 665 g/mol. The van der Waals surface area contributed by atoms with Crippen LogP contribution >= 0.6 is 0 Å². The molecule has 0 amide bonds. The van der Waals surface area contributed by atoms with Gasteiger partial charge in [-0.15, -0.1) is 0 Å². The van der Waals surface area contributed by atoms with Crippen LogP contribution in [0.4, 0.5) is 0 Å². The summed E-state index contributed by atoms with van der Waals surface area (Å²) in [6.07, 6.45) is 3.69. The van der Waals surface area contributed by atoms with Crippen LogP contribution in [0, 0.1) is 0 Å².